The molecule has 0 aliphatic carbocycles. The van der Waals surface area contributed by atoms with E-state index in [0.29, 0.717) is 0 Å². The second-order valence-electron chi connectivity index (χ2n) is 5.16. The van der Waals surface area contributed by atoms with Gasteiger partial charge in [-0.3, -0.25) is 5.10 Å². The van der Waals surface area contributed by atoms with Crippen LogP contribution in [0.1, 0.15) is 37.3 Å². The number of para-hydroxylation sites is 2. The minimum atomic E-state index is 0.164. The first-order chi connectivity index (χ1) is 9.66. The molecule has 20 heavy (non-hydrogen) atoms. The number of H-pyrrole nitrogens is 1. The van der Waals surface area contributed by atoms with Crippen LogP contribution in [0.25, 0.3) is 11.0 Å². The van der Waals surface area contributed by atoms with Gasteiger partial charge >= 0.3 is 0 Å². The molecule has 3 aromatic rings. The number of fused-ring (bicyclic) bond motifs is 1. The normalized spacial score (nSPS) is 14.6. The molecule has 0 spiro atoms. The molecule has 0 aliphatic rings. The molecule has 3 rings (SSSR count). The van der Waals surface area contributed by atoms with Crippen LogP contribution in [-0.2, 0) is 7.05 Å². The van der Waals surface area contributed by atoms with E-state index in [1.165, 1.54) is 0 Å². The summed E-state index contributed by atoms with van der Waals surface area (Å²) in [5, 5.41) is 10.4. The second-order valence-corrected chi connectivity index (χ2v) is 5.16. The van der Waals surface area contributed by atoms with Crippen LogP contribution in [0.15, 0.2) is 36.7 Å². The van der Waals surface area contributed by atoms with Gasteiger partial charge in [-0.25, -0.2) is 4.98 Å². The average molecular weight is 269 g/mol. The van der Waals surface area contributed by atoms with Crippen molar-refractivity contribution in [1.82, 2.24) is 25.1 Å². The maximum Gasteiger partial charge on any atom is 0.126 e. The fraction of sp³-hybridized carbons (Fsp3) is 0.333. The third-order valence-electron chi connectivity index (χ3n) is 3.73. The predicted molar refractivity (Wildman–Crippen MR) is 79.3 cm³/mol. The largest absolute Gasteiger partial charge is 0.330 e. The SMILES string of the molecule is CC(NC(C)c1nc2ccccc2n1C)c1cn[nH]c1. The summed E-state index contributed by atoms with van der Waals surface area (Å²) in [5.41, 5.74) is 3.34. The molecule has 5 heteroatoms. The zero-order valence-corrected chi connectivity index (χ0v) is 12.0. The Morgan fingerprint density at radius 3 is 2.70 bits per heavy atom. The molecule has 5 nitrogen and oxygen atoms in total. The van der Waals surface area contributed by atoms with Crippen molar-refractivity contribution in [3.05, 3.63) is 48.0 Å². The Labute approximate surface area is 118 Å². The first-order valence-electron chi connectivity index (χ1n) is 6.83. The molecule has 0 amide bonds. The van der Waals surface area contributed by atoms with Gasteiger partial charge in [-0.2, -0.15) is 5.10 Å². The maximum atomic E-state index is 4.72. The monoisotopic (exact) mass is 269 g/mol. The lowest BCUT2D eigenvalue weighted by Crippen LogP contribution is -2.24. The van der Waals surface area contributed by atoms with Crippen molar-refractivity contribution in [1.29, 1.82) is 0 Å². The van der Waals surface area contributed by atoms with Crippen LogP contribution >= 0.6 is 0 Å². The summed E-state index contributed by atoms with van der Waals surface area (Å²) < 4.78 is 2.15. The van der Waals surface area contributed by atoms with Gasteiger partial charge in [0.05, 0.1) is 23.3 Å². The molecule has 2 N–H and O–H groups in total. The molecule has 2 aromatic heterocycles. The van der Waals surface area contributed by atoms with Gasteiger partial charge in [0, 0.05) is 24.8 Å². The molecule has 0 radical (unpaired) electrons. The first kappa shape index (κ1) is 12.9. The number of imidazole rings is 1. The van der Waals surface area contributed by atoms with E-state index >= 15 is 0 Å². The minimum Gasteiger partial charge on any atom is -0.330 e. The molecule has 0 aliphatic heterocycles. The Hall–Kier alpha value is -2.14. The van der Waals surface area contributed by atoms with Crippen LogP contribution in [0.5, 0.6) is 0 Å². The van der Waals surface area contributed by atoms with Crippen LogP contribution in [0.2, 0.25) is 0 Å². The molecule has 0 bridgehead atoms. The fourth-order valence-corrected chi connectivity index (χ4v) is 2.59. The molecule has 104 valence electrons. The molecule has 0 saturated heterocycles. The predicted octanol–water partition coefficient (Wildman–Crippen LogP) is 2.71. The highest BCUT2D eigenvalue weighted by Gasteiger charge is 2.17. The lowest BCUT2D eigenvalue weighted by atomic mass is 10.1. The van der Waals surface area contributed by atoms with Gasteiger partial charge in [-0.15, -0.1) is 0 Å². The summed E-state index contributed by atoms with van der Waals surface area (Å²) in [6.45, 7) is 4.27. The number of aryl methyl sites for hydroxylation is 1. The van der Waals surface area contributed by atoms with E-state index < -0.39 is 0 Å². The number of hydrogen-bond donors (Lipinski definition) is 2. The molecule has 0 fully saturated rings. The molecular formula is C15H19N5. The highest BCUT2D eigenvalue weighted by atomic mass is 15.1. The lowest BCUT2D eigenvalue weighted by Gasteiger charge is -2.18. The van der Waals surface area contributed by atoms with E-state index in [1.54, 1.807) is 0 Å². The number of nitrogens with one attached hydrogen (secondary N) is 2. The molecule has 1 aromatic carbocycles. The van der Waals surface area contributed by atoms with E-state index in [-0.39, 0.29) is 12.1 Å². The summed E-state index contributed by atoms with van der Waals surface area (Å²) in [5.74, 6) is 1.04. The Morgan fingerprint density at radius 1 is 1.20 bits per heavy atom. The Kier molecular flexibility index (Phi) is 3.28. The minimum absolute atomic E-state index is 0.164. The first-order valence-corrected chi connectivity index (χ1v) is 6.83. The van der Waals surface area contributed by atoms with E-state index in [4.69, 9.17) is 4.98 Å². The van der Waals surface area contributed by atoms with Crippen molar-refractivity contribution >= 4 is 11.0 Å². The summed E-state index contributed by atoms with van der Waals surface area (Å²) >= 11 is 0. The molecule has 2 heterocycles. The number of rotatable bonds is 4. The van der Waals surface area contributed by atoms with E-state index in [2.05, 4.69) is 47.0 Å². The van der Waals surface area contributed by atoms with E-state index in [9.17, 15) is 0 Å². The van der Waals surface area contributed by atoms with Crippen molar-refractivity contribution in [3.63, 3.8) is 0 Å². The van der Waals surface area contributed by atoms with Crippen molar-refractivity contribution in [2.75, 3.05) is 0 Å². The quantitative estimate of drug-likeness (QED) is 0.765. The van der Waals surface area contributed by atoms with Crippen LogP contribution < -0.4 is 5.32 Å². The Bertz CT molecular complexity index is 698. The number of aromatic nitrogens is 4. The molecule has 0 saturated carbocycles. The summed E-state index contributed by atoms with van der Waals surface area (Å²) in [7, 11) is 2.06. The van der Waals surface area contributed by atoms with Crippen LogP contribution in [-0.4, -0.2) is 19.7 Å². The number of hydrogen-bond acceptors (Lipinski definition) is 3. The van der Waals surface area contributed by atoms with E-state index in [1.807, 2.05) is 30.6 Å². The zero-order chi connectivity index (χ0) is 14.1. The highest BCUT2D eigenvalue weighted by Crippen LogP contribution is 2.21. The van der Waals surface area contributed by atoms with Crippen molar-refractivity contribution < 1.29 is 0 Å². The Morgan fingerprint density at radius 2 is 2.00 bits per heavy atom. The van der Waals surface area contributed by atoms with Crippen LogP contribution in [0.4, 0.5) is 0 Å². The van der Waals surface area contributed by atoms with Gasteiger partial charge in [0.15, 0.2) is 0 Å². The second kappa shape index (κ2) is 5.09. The van der Waals surface area contributed by atoms with Gasteiger partial charge in [0.2, 0.25) is 0 Å². The third kappa shape index (κ3) is 2.20. The van der Waals surface area contributed by atoms with E-state index in [0.717, 1.165) is 22.4 Å². The van der Waals surface area contributed by atoms with Gasteiger partial charge in [0.25, 0.3) is 0 Å². The smallest absolute Gasteiger partial charge is 0.126 e. The van der Waals surface area contributed by atoms with Gasteiger partial charge < -0.3 is 9.88 Å². The van der Waals surface area contributed by atoms with Gasteiger partial charge in [-0.05, 0) is 26.0 Å². The van der Waals surface area contributed by atoms with Crippen LogP contribution in [0.3, 0.4) is 0 Å². The summed E-state index contributed by atoms with van der Waals surface area (Å²) in [4.78, 5) is 4.72. The zero-order valence-electron chi connectivity index (χ0n) is 12.0. The highest BCUT2D eigenvalue weighted by molar-refractivity contribution is 5.75. The van der Waals surface area contributed by atoms with Crippen molar-refractivity contribution in [2.45, 2.75) is 25.9 Å². The average Bonchev–Trinajstić information content (AvgIpc) is 3.07. The van der Waals surface area contributed by atoms with Crippen LogP contribution in [0, 0.1) is 0 Å². The third-order valence-corrected chi connectivity index (χ3v) is 3.73. The van der Waals surface area contributed by atoms with Gasteiger partial charge in [0.1, 0.15) is 5.82 Å². The number of aromatic amines is 1. The number of nitrogens with zero attached hydrogens (tertiary/aromatic N) is 3. The lowest BCUT2D eigenvalue weighted by molar-refractivity contribution is 0.469. The summed E-state index contributed by atoms with van der Waals surface area (Å²) in [6.07, 6.45) is 3.76. The maximum absolute atomic E-state index is 4.72. The molecule has 2 unspecified atom stereocenters. The Balaban J connectivity index is 1.85. The topological polar surface area (TPSA) is 58.5 Å². The van der Waals surface area contributed by atoms with Gasteiger partial charge in [-0.1, -0.05) is 12.1 Å². The number of benzene rings is 1. The molecule has 2 atom stereocenters. The fourth-order valence-electron chi connectivity index (χ4n) is 2.59. The standard InChI is InChI=1S/C15H19N5/c1-10(12-8-16-17-9-12)18-11(2)15-19-13-6-4-5-7-14(13)20(15)3/h4-11,18H,1-3H3,(H,16,17). The molecular weight excluding hydrogens is 250 g/mol. The van der Waals surface area contributed by atoms with Crippen molar-refractivity contribution in [3.8, 4) is 0 Å². The van der Waals surface area contributed by atoms with Crippen molar-refractivity contribution in [2.24, 2.45) is 7.05 Å². The summed E-state index contributed by atoms with van der Waals surface area (Å²) in [6, 6.07) is 8.59.